The van der Waals surface area contributed by atoms with Crippen molar-refractivity contribution >= 4 is 23.5 Å². The predicted molar refractivity (Wildman–Crippen MR) is 98.8 cm³/mol. The lowest BCUT2D eigenvalue weighted by atomic mass is 10.1. The van der Waals surface area contributed by atoms with Crippen molar-refractivity contribution in [1.82, 2.24) is 0 Å². The Kier molecular flexibility index (Phi) is 7.43. The van der Waals surface area contributed by atoms with E-state index in [9.17, 15) is 4.79 Å². The summed E-state index contributed by atoms with van der Waals surface area (Å²) in [4.78, 5) is 12.9. The molecule has 3 nitrogen and oxygen atoms in total. The largest absolute Gasteiger partial charge is 0.514 e. The second kappa shape index (κ2) is 8.82. The van der Waals surface area contributed by atoms with Crippen molar-refractivity contribution in [3.8, 4) is 5.75 Å². The van der Waals surface area contributed by atoms with E-state index < -0.39 is 11.8 Å². The van der Waals surface area contributed by atoms with Gasteiger partial charge in [-0.05, 0) is 63.6 Å². The van der Waals surface area contributed by atoms with E-state index >= 15 is 0 Å². The number of benzene rings is 1. The molecule has 23 heavy (non-hydrogen) atoms. The highest BCUT2D eigenvalue weighted by Gasteiger charge is 2.18. The van der Waals surface area contributed by atoms with Crippen LogP contribution < -0.4 is 4.74 Å². The van der Waals surface area contributed by atoms with E-state index in [4.69, 9.17) is 9.47 Å². The molecule has 1 aromatic carbocycles. The molecule has 0 saturated carbocycles. The average molecular weight is 334 g/mol. The van der Waals surface area contributed by atoms with E-state index in [2.05, 4.69) is 32.3 Å². The van der Waals surface area contributed by atoms with Crippen LogP contribution in [-0.4, -0.2) is 18.0 Å². The first-order valence-electron chi connectivity index (χ1n) is 7.69. The molecule has 1 rings (SSSR count). The summed E-state index contributed by atoms with van der Waals surface area (Å²) >= 11 is 1.72. The zero-order chi connectivity index (χ0) is 17.5. The summed E-state index contributed by atoms with van der Waals surface area (Å²) in [6, 6.07) is 7.46. The molecular formula is C19H26O3S. The van der Waals surface area contributed by atoms with Gasteiger partial charge in [-0.25, -0.2) is 4.79 Å². The molecule has 0 unspecified atom stereocenters. The van der Waals surface area contributed by atoms with Gasteiger partial charge in [-0.15, -0.1) is 11.8 Å². The molecule has 0 spiro atoms. The molecule has 0 saturated heterocycles. The van der Waals surface area contributed by atoms with Crippen LogP contribution >= 0.6 is 11.8 Å². The van der Waals surface area contributed by atoms with Crippen molar-refractivity contribution in [2.45, 2.75) is 46.6 Å². The summed E-state index contributed by atoms with van der Waals surface area (Å²) in [7, 11) is 0. The van der Waals surface area contributed by atoms with Crippen LogP contribution in [0, 0.1) is 0 Å². The van der Waals surface area contributed by atoms with Crippen molar-refractivity contribution in [1.29, 1.82) is 0 Å². The first-order chi connectivity index (χ1) is 10.8. The lowest BCUT2D eigenvalue weighted by molar-refractivity contribution is 0.0206. The quantitative estimate of drug-likeness (QED) is 0.372. The molecule has 0 N–H and O–H groups in total. The fraction of sp³-hybridized carbons (Fsp3) is 0.421. The minimum atomic E-state index is -0.687. The Hall–Kier alpha value is -1.68. The highest BCUT2D eigenvalue weighted by Crippen LogP contribution is 2.27. The van der Waals surface area contributed by atoms with Gasteiger partial charge in [0.25, 0.3) is 0 Å². The summed E-state index contributed by atoms with van der Waals surface area (Å²) in [5.74, 6) is 0.477. The first kappa shape index (κ1) is 19.4. The van der Waals surface area contributed by atoms with E-state index in [0.29, 0.717) is 5.75 Å². The zero-order valence-corrected chi connectivity index (χ0v) is 15.6. The molecule has 0 atom stereocenters. The summed E-state index contributed by atoms with van der Waals surface area (Å²) in [5, 5.41) is 0. The number of allylic oxidation sites excluding steroid dienone is 3. The van der Waals surface area contributed by atoms with Crippen molar-refractivity contribution in [2.24, 2.45) is 0 Å². The van der Waals surface area contributed by atoms with Crippen LogP contribution in [0.15, 0.2) is 41.3 Å². The fourth-order valence-electron chi connectivity index (χ4n) is 1.85. The Morgan fingerprint density at radius 2 is 1.83 bits per heavy atom. The minimum absolute atomic E-state index is 0.477. The Labute approximate surface area is 143 Å². The van der Waals surface area contributed by atoms with Crippen LogP contribution in [0.4, 0.5) is 4.79 Å². The van der Waals surface area contributed by atoms with Crippen LogP contribution in [0.2, 0.25) is 0 Å². The van der Waals surface area contributed by atoms with Gasteiger partial charge in [-0.1, -0.05) is 31.2 Å². The van der Waals surface area contributed by atoms with E-state index in [0.717, 1.165) is 12.0 Å². The summed E-state index contributed by atoms with van der Waals surface area (Å²) in [6.07, 6.45) is 6.69. The third-order valence-electron chi connectivity index (χ3n) is 2.97. The molecule has 0 radical (unpaired) electrons. The van der Waals surface area contributed by atoms with Gasteiger partial charge in [0.2, 0.25) is 0 Å². The van der Waals surface area contributed by atoms with Crippen molar-refractivity contribution in [3.63, 3.8) is 0 Å². The molecule has 126 valence electrons. The third kappa shape index (κ3) is 6.95. The third-order valence-corrected chi connectivity index (χ3v) is 3.85. The number of hydrogen-bond donors (Lipinski definition) is 0. The second-order valence-corrected chi connectivity index (χ2v) is 6.94. The molecule has 0 bridgehead atoms. The van der Waals surface area contributed by atoms with Crippen molar-refractivity contribution in [2.75, 3.05) is 6.26 Å². The average Bonchev–Trinajstić information content (AvgIpc) is 2.46. The predicted octanol–water partition coefficient (Wildman–Crippen LogP) is 6.06. The highest BCUT2D eigenvalue weighted by atomic mass is 32.2. The van der Waals surface area contributed by atoms with Crippen LogP contribution in [0.5, 0.6) is 5.75 Å². The van der Waals surface area contributed by atoms with Gasteiger partial charge in [0, 0.05) is 4.91 Å². The summed E-state index contributed by atoms with van der Waals surface area (Å²) in [6.45, 7) is 9.62. The van der Waals surface area contributed by atoms with Crippen molar-refractivity contribution in [3.05, 3.63) is 46.9 Å². The monoisotopic (exact) mass is 334 g/mol. The standard InChI is InChI=1S/C19H26O3S/c1-7-8-9-17(23-6)14(2)15-10-12-16(13-11-15)21-18(20)22-19(3,4)5/h8-13H,7H2,1-6H3. The lowest BCUT2D eigenvalue weighted by Crippen LogP contribution is -2.25. The van der Waals surface area contributed by atoms with E-state index in [-0.39, 0.29) is 0 Å². The minimum Gasteiger partial charge on any atom is -0.428 e. The van der Waals surface area contributed by atoms with E-state index in [1.165, 1.54) is 10.5 Å². The Morgan fingerprint density at radius 3 is 2.30 bits per heavy atom. The molecule has 0 aliphatic rings. The molecule has 0 heterocycles. The highest BCUT2D eigenvalue weighted by molar-refractivity contribution is 8.02. The summed E-state index contributed by atoms with van der Waals surface area (Å²) in [5.41, 5.74) is 1.74. The van der Waals surface area contributed by atoms with Gasteiger partial charge in [0.15, 0.2) is 0 Å². The maximum atomic E-state index is 11.7. The SMILES string of the molecule is CCC=CC(SC)=C(C)c1ccc(OC(=O)OC(C)(C)C)cc1. The van der Waals surface area contributed by atoms with Crippen LogP contribution in [0.25, 0.3) is 5.57 Å². The van der Waals surface area contributed by atoms with Crippen LogP contribution in [0.3, 0.4) is 0 Å². The van der Waals surface area contributed by atoms with E-state index in [1.807, 2.05) is 12.1 Å². The zero-order valence-electron chi connectivity index (χ0n) is 14.8. The maximum Gasteiger partial charge on any atom is 0.514 e. The summed E-state index contributed by atoms with van der Waals surface area (Å²) < 4.78 is 10.3. The number of carbonyl (C=O) groups excluding carboxylic acids is 1. The molecule has 0 aromatic heterocycles. The normalized spacial score (nSPS) is 13.0. The van der Waals surface area contributed by atoms with Gasteiger partial charge in [-0.2, -0.15) is 0 Å². The number of ether oxygens (including phenoxy) is 2. The van der Waals surface area contributed by atoms with Crippen molar-refractivity contribution < 1.29 is 14.3 Å². The Bertz CT molecular complexity index is 578. The smallest absolute Gasteiger partial charge is 0.428 e. The number of thioether (sulfide) groups is 1. The van der Waals surface area contributed by atoms with Gasteiger partial charge >= 0.3 is 6.16 Å². The molecule has 4 heteroatoms. The molecule has 0 fully saturated rings. The molecular weight excluding hydrogens is 308 g/mol. The molecule has 0 aliphatic carbocycles. The molecule has 0 amide bonds. The number of hydrogen-bond acceptors (Lipinski definition) is 4. The number of rotatable bonds is 5. The Morgan fingerprint density at radius 1 is 1.22 bits per heavy atom. The van der Waals surface area contributed by atoms with Gasteiger partial charge < -0.3 is 9.47 Å². The molecule has 0 aliphatic heterocycles. The molecule has 1 aromatic rings. The van der Waals surface area contributed by atoms with Gasteiger partial charge in [0.05, 0.1) is 0 Å². The van der Waals surface area contributed by atoms with E-state index in [1.54, 1.807) is 44.7 Å². The van der Waals surface area contributed by atoms with Gasteiger partial charge in [-0.3, -0.25) is 0 Å². The lowest BCUT2D eigenvalue weighted by Gasteiger charge is -2.18. The fourth-order valence-corrected chi connectivity index (χ4v) is 2.51. The Balaban J connectivity index is 2.85. The topological polar surface area (TPSA) is 35.5 Å². The van der Waals surface area contributed by atoms with Crippen LogP contribution in [-0.2, 0) is 4.74 Å². The van der Waals surface area contributed by atoms with Gasteiger partial charge in [0.1, 0.15) is 11.4 Å². The van der Waals surface area contributed by atoms with Crippen LogP contribution in [0.1, 0.15) is 46.6 Å². The number of carbonyl (C=O) groups is 1. The maximum absolute atomic E-state index is 11.7. The first-order valence-corrected chi connectivity index (χ1v) is 8.92. The second-order valence-electron chi connectivity index (χ2n) is 6.09.